The summed E-state index contributed by atoms with van der Waals surface area (Å²) in [5.74, 6) is 0.370. The third kappa shape index (κ3) is 3.31. The van der Waals surface area contributed by atoms with E-state index < -0.39 is 17.8 Å². The topological polar surface area (TPSA) is 29.5 Å². The van der Waals surface area contributed by atoms with Crippen LogP contribution in [0.1, 0.15) is 22.8 Å². The number of ether oxygens (including phenoxy) is 1. The molecule has 0 amide bonds. The number of aliphatic hydroxyl groups is 1. The third-order valence-corrected chi connectivity index (χ3v) is 3.39. The molecule has 0 radical (unpaired) electrons. The van der Waals surface area contributed by atoms with Gasteiger partial charge in [-0.25, -0.2) is 0 Å². The van der Waals surface area contributed by atoms with Crippen molar-refractivity contribution < 1.29 is 23.0 Å². The van der Waals surface area contributed by atoms with Gasteiger partial charge in [-0.1, -0.05) is 29.8 Å². The van der Waals surface area contributed by atoms with Crippen LogP contribution in [0.2, 0.25) is 5.02 Å². The van der Waals surface area contributed by atoms with Crippen LogP contribution >= 0.6 is 11.6 Å². The summed E-state index contributed by atoms with van der Waals surface area (Å²) in [6, 6.07) is 9.13. The maximum absolute atomic E-state index is 12.5. The quantitative estimate of drug-likeness (QED) is 0.906. The second-order valence-electron chi connectivity index (χ2n) is 4.38. The first-order valence-corrected chi connectivity index (χ1v) is 6.40. The Kier molecular flexibility index (Phi) is 4.44. The Bertz CT molecular complexity index is 624. The van der Waals surface area contributed by atoms with Gasteiger partial charge in [0.2, 0.25) is 0 Å². The zero-order chi connectivity index (χ0) is 15.6. The Morgan fingerprint density at radius 1 is 1.10 bits per heavy atom. The predicted molar refractivity (Wildman–Crippen MR) is 73.5 cm³/mol. The van der Waals surface area contributed by atoms with E-state index in [1.54, 1.807) is 18.2 Å². The summed E-state index contributed by atoms with van der Waals surface area (Å²) in [7, 11) is 1.43. The van der Waals surface area contributed by atoms with Gasteiger partial charge >= 0.3 is 6.18 Å². The zero-order valence-corrected chi connectivity index (χ0v) is 11.7. The molecular weight excluding hydrogens is 305 g/mol. The largest absolute Gasteiger partial charge is 0.496 e. The van der Waals surface area contributed by atoms with E-state index in [4.69, 9.17) is 16.3 Å². The van der Waals surface area contributed by atoms with Crippen LogP contribution in [0.3, 0.4) is 0 Å². The van der Waals surface area contributed by atoms with Crippen LogP contribution in [0.15, 0.2) is 42.5 Å². The number of rotatable bonds is 3. The second kappa shape index (κ2) is 5.95. The van der Waals surface area contributed by atoms with Gasteiger partial charge in [-0.05, 0) is 29.8 Å². The molecule has 0 fully saturated rings. The fourth-order valence-electron chi connectivity index (χ4n) is 1.98. The van der Waals surface area contributed by atoms with Crippen LogP contribution in [-0.2, 0) is 6.18 Å². The summed E-state index contributed by atoms with van der Waals surface area (Å²) in [5, 5.41) is 10.6. The molecule has 2 nitrogen and oxygen atoms in total. The van der Waals surface area contributed by atoms with Crippen LogP contribution in [0.5, 0.6) is 5.75 Å². The lowest BCUT2D eigenvalue weighted by Gasteiger charge is -2.17. The Labute approximate surface area is 124 Å². The molecule has 0 aliphatic rings. The lowest BCUT2D eigenvalue weighted by atomic mass is 9.99. The molecule has 1 unspecified atom stereocenters. The molecule has 0 aliphatic carbocycles. The molecular formula is C15H12ClF3O2. The fourth-order valence-corrected chi connectivity index (χ4v) is 2.25. The van der Waals surface area contributed by atoms with Crippen molar-refractivity contribution in [1.82, 2.24) is 0 Å². The Morgan fingerprint density at radius 2 is 1.71 bits per heavy atom. The second-order valence-corrected chi connectivity index (χ2v) is 4.79. The molecule has 0 heterocycles. The molecule has 2 aromatic carbocycles. The molecule has 112 valence electrons. The molecule has 0 saturated carbocycles. The van der Waals surface area contributed by atoms with Gasteiger partial charge in [0.15, 0.2) is 0 Å². The third-order valence-electron chi connectivity index (χ3n) is 3.06. The number of methoxy groups -OCH3 is 1. The summed E-state index contributed by atoms with van der Waals surface area (Å²) in [6.45, 7) is 0. The van der Waals surface area contributed by atoms with E-state index in [0.717, 1.165) is 12.1 Å². The number of benzene rings is 2. The number of alkyl halides is 3. The minimum Gasteiger partial charge on any atom is -0.496 e. The van der Waals surface area contributed by atoms with Gasteiger partial charge < -0.3 is 9.84 Å². The van der Waals surface area contributed by atoms with Gasteiger partial charge in [-0.2, -0.15) is 13.2 Å². The predicted octanol–water partition coefficient (Wildman–Crippen LogP) is 4.45. The Hall–Kier alpha value is -1.72. The maximum atomic E-state index is 12.5. The minimum absolute atomic E-state index is 0.279. The van der Waals surface area contributed by atoms with E-state index in [0.29, 0.717) is 16.9 Å². The van der Waals surface area contributed by atoms with Gasteiger partial charge in [0, 0.05) is 5.56 Å². The van der Waals surface area contributed by atoms with Crippen LogP contribution in [0.4, 0.5) is 13.2 Å². The van der Waals surface area contributed by atoms with Crippen molar-refractivity contribution in [2.75, 3.05) is 7.11 Å². The van der Waals surface area contributed by atoms with E-state index in [1.807, 2.05) is 0 Å². The van der Waals surface area contributed by atoms with Gasteiger partial charge in [0.1, 0.15) is 11.9 Å². The molecule has 2 rings (SSSR count). The summed E-state index contributed by atoms with van der Waals surface area (Å²) in [6.07, 6.45) is -5.58. The minimum atomic E-state index is -4.41. The molecule has 0 bridgehead atoms. The molecule has 0 aromatic heterocycles. The first-order chi connectivity index (χ1) is 9.84. The van der Waals surface area contributed by atoms with E-state index in [2.05, 4.69) is 0 Å². The first-order valence-electron chi connectivity index (χ1n) is 6.02. The van der Waals surface area contributed by atoms with Crippen molar-refractivity contribution in [3.63, 3.8) is 0 Å². The first kappa shape index (κ1) is 15.7. The highest BCUT2D eigenvalue weighted by Crippen LogP contribution is 2.36. The average molecular weight is 317 g/mol. The fraction of sp³-hybridized carbons (Fsp3) is 0.200. The van der Waals surface area contributed by atoms with Crippen molar-refractivity contribution >= 4 is 11.6 Å². The summed E-state index contributed by atoms with van der Waals surface area (Å²) in [4.78, 5) is 0. The van der Waals surface area contributed by atoms with Crippen molar-refractivity contribution in [1.29, 1.82) is 0 Å². The van der Waals surface area contributed by atoms with Gasteiger partial charge in [0.05, 0.1) is 17.7 Å². The number of halogens is 4. The number of hydrogen-bond acceptors (Lipinski definition) is 2. The highest BCUT2D eigenvalue weighted by molar-refractivity contribution is 6.31. The molecule has 1 N–H and O–H groups in total. The zero-order valence-electron chi connectivity index (χ0n) is 11.0. The highest BCUT2D eigenvalue weighted by Gasteiger charge is 2.30. The molecule has 0 spiro atoms. The van der Waals surface area contributed by atoms with E-state index in [-0.39, 0.29) is 5.02 Å². The van der Waals surface area contributed by atoms with Crippen molar-refractivity contribution in [2.24, 2.45) is 0 Å². The standard InChI is InChI=1S/C15H12ClF3O2/c1-21-12-4-2-3-11(16)13(12)14(20)9-5-7-10(8-6-9)15(17,18)19/h2-8,14,20H,1H3. The SMILES string of the molecule is COc1cccc(Cl)c1C(O)c1ccc(C(F)(F)F)cc1. The molecule has 6 heteroatoms. The molecule has 2 aromatic rings. The smallest absolute Gasteiger partial charge is 0.416 e. The molecule has 1 atom stereocenters. The summed E-state index contributed by atoms with van der Waals surface area (Å²) in [5.41, 5.74) is -0.152. The number of aliphatic hydroxyl groups excluding tert-OH is 1. The highest BCUT2D eigenvalue weighted by atomic mass is 35.5. The molecule has 21 heavy (non-hydrogen) atoms. The van der Waals surface area contributed by atoms with E-state index in [9.17, 15) is 18.3 Å². The summed E-state index contributed by atoms with van der Waals surface area (Å²) >= 11 is 6.04. The van der Waals surface area contributed by atoms with Crippen molar-refractivity contribution in [2.45, 2.75) is 12.3 Å². The van der Waals surface area contributed by atoms with Crippen LogP contribution in [-0.4, -0.2) is 12.2 Å². The normalized spacial score (nSPS) is 13.0. The van der Waals surface area contributed by atoms with Crippen molar-refractivity contribution in [3.05, 3.63) is 64.2 Å². The molecule has 0 saturated heterocycles. The van der Waals surface area contributed by atoms with Crippen LogP contribution in [0.25, 0.3) is 0 Å². The Morgan fingerprint density at radius 3 is 2.24 bits per heavy atom. The number of hydrogen-bond donors (Lipinski definition) is 1. The monoisotopic (exact) mass is 316 g/mol. The van der Waals surface area contributed by atoms with Gasteiger partial charge in [0.25, 0.3) is 0 Å². The van der Waals surface area contributed by atoms with Gasteiger partial charge in [-0.3, -0.25) is 0 Å². The van der Waals surface area contributed by atoms with E-state index in [1.165, 1.54) is 19.2 Å². The van der Waals surface area contributed by atoms with Crippen molar-refractivity contribution in [3.8, 4) is 5.75 Å². The van der Waals surface area contributed by atoms with Gasteiger partial charge in [-0.15, -0.1) is 0 Å². The van der Waals surface area contributed by atoms with Crippen LogP contribution < -0.4 is 4.74 Å². The molecule has 0 aliphatic heterocycles. The maximum Gasteiger partial charge on any atom is 0.416 e. The Balaban J connectivity index is 2.39. The van der Waals surface area contributed by atoms with E-state index >= 15 is 0 Å². The summed E-state index contributed by atoms with van der Waals surface area (Å²) < 4.78 is 42.7. The lowest BCUT2D eigenvalue weighted by Crippen LogP contribution is -2.07. The average Bonchev–Trinajstić information content (AvgIpc) is 2.45. The lowest BCUT2D eigenvalue weighted by molar-refractivity contribution is -0.137. The van der Waals surface area contributed by atoms with Crippen LogP contribution in [0, 0.1) is 0 Å².